The molecule has 17 heavy (non-hydrogen) atoms. The number of rotatable bonds is 2. The highest BCUT2D eigenvalue weighted by Gasteiger charge is 2.06. The van der Waals surface area contributed by atoms with Gasteiger partial charge < -0.3 is 10.5 Å². The standard InChI is InChI=1S/C14H14ClNO/c1-9-3-4-10(2)14(7-9)17-13-6-5-11(16)8-12(13)15/h3-8H,16H2,1-2H3. The van der Waals surface area contributed by atoms with Crippen molar-refractivity contribution < 1.29 is 4.74 Å². The summed E-state index contributed by atoms with van der Waals surface area (Å²) in [6.07, 6.45) is 0. The Bertz CT molecular complexity index is 552. The van der Waals surface area contributed by atoms with E-state index in [-0.39, 0.29) is 0 Å². The summed E-state index contributed by atoms with van der Waals surface area (Å²) < 4.78 is 5.79. The van der Waals surface area contributed by atoms with Gasteiger partial charge in [-0.15, -0.1) is 0 Å². The summed E-state index contributed by atoms with van der Waals surface area (Å²) >= 11 is 6.07. The lowest BCUT2D eigenvalue weighted by atomic mass is 10.1. The molecule has 3 heteroatoms. The summed E-state index contributed by atoms with van der Waals surface area (Å²) in [6, 6.07) is 11.3. The fraction of sp³-hybridized carbons (Fsp3) is 0.143. The van der Waals surface area contributed by atoms with Gasteiger partial charge in [-0.2, -0.15) is 0 Å². The van der Waals surface area contributed by atoms with Crippen LogP contribution in [-0.4, -0.2) is 0 Å². The van der Waals surface area contributed by atoms with E-state index in [2.05, 4.69) is 0 Å². The van der Waals surface area contributed by atoms with Crippen molar-refractivity contribution in [1.82, 2.24) is 0 Å². The predicted molar refractivity (Wildman–Crippen MR) is 71.9 cm³/mol. The Labute approximate surface area is 106 Å². The quantitative estimate of drug-likeness (QED) is 0.802. The smallest absolute Gasteiger partial charge is 0.146 e. The molecule has 2 aromatic rings. The molecule has 0 aliphatic heterocycles. The molecule has 2 N–H and O–H groups in total. The van der Waals surface area contributed by atoms with Crippen LogP contribution in [0.4, 0.5) is 5.69 Å². The summed E-state index contributed by atoms with van der Waals surface area (Å²) in [5.41, 5.74) is 8.49. The molecule has 2 nitrogen and oxygen atoms in total. The van der Waals surface area contributed by atoms with E-state index in [1.807, 2.05) is 32.0 Å². The normalized spacial score (nSPS) is 10.3. The van der Waals surface area contributed by atoms with Crippen molar-refractivity contribution in [3.8, 4) is 11.5 Å². The Morgan fingerprint density at radius 1 is 1.00 bits per heavy atom. The van der Waals surface area contributed by atoms with Crippen LogP contribution in [0.5, 0.6) is 11.5 Å². The highest BCUT2D eigenvalue weighted by Crippen LogP contribution is 2.32. The van der Waals surface area contributed by atoms with Gasteiger partial charge in [0, 0.05) is 5.69 Å². The van der Waals surface area contributed by atoms with Gasteiger partial charge >= 0.3 is 0 Å². The molecule has 0 atom stereocenters. The topological polar surface area (TPSA) is 35.2 Å². The third-order valence-corrected chi connectivity index (χ3v) is 2.81. The maximum atomic E-state index is 6.07. The Morgan fingerprint density at radius 2 is 1.76 bits per heavy atom. The Balaban J connectivity index is 2.34. The van der Waals surface area contributed by atoms with Crippen LogP contribution in [0.3, 0.4) is 0 Å². The van der Waals surface area contributed by atoms with Crippen molar-refractivity contribution in [2.75, 3.05) is 5.73 Å². The molecule has 2 rings (SSSR count). The van der Waals surface area contributed by atoms with Crippen LogP contribution >= 0.6 is 11.6 Å². The summed E-state index contributed by atoms with van der Waals surface area (Å²) in [7, 11) is 0. The van der Waals surface area contributed by atoms with E-state index in [1.165, 1.54) is 0 Å². The maximum absolute atomic E-state index is 6.07. The summed E-state index contributed by atoms with van der Waals surface area (Å²) in [6.45, 7) is 4.02. The van der Waals surface area contributed by atoms with Crippen LogP contribution < -0.4 is 10.5 Å². The van der Waals surface area contributed by atoms with Gasteiger partial charge in [-0.05, 0) is 49.2 Å². The van der Waals surface area contributed by atoms with E-state index in [0.29, 0.717) is 16.5 Å². The molecule has 0 unspecified atom stereocenters. The number of benzene rings is 2. The second-order valence-corrected chi connectivity index (χ2v) is 4.47. The minimum absolute atomic E-state index is 0.519. The van der Waals surface area contributed by atoms with Crippen molar-refractivity contribution in [2.45, 2.75) is 13.8 Å². The third-order valence-electron chi connectivity index (χ3n) is 2.52. The molecule has 0 aliphatic carbocycles. The fourth-order valence-corrected chi connectivity index (χ4v) is 1.76. The van der Waals surface area contributed by atoms with Gasteiger partial charge in [-0.25, -0.2) is 0 Å². The van der Waals surface area contributed by atoms with Crippen LogP contribution in [0.15, 0.2) is 36.4 Å². The minimum Gasteiger partial charge on any atom is -0.456 e. The van der Waals surface area contributed by atoms with Gasteiger partial charge in [0.1, 0.15) is 11.5 Å². The molecule has 0 saturated carbocycles. The van der Waals surface area contributed by atoms with Crippen LogP contribution in [0.25, 0.3) is 0 Å². The number of nitrogen functional groups attached to an aromatic ring is 1. The van der Waals surface area contributed by atoms with Gasteiger partial charge in [0.05, 0.1) is 5.02 Å². The molecule has 0 bridgehead atoms. The Kier molecular flexibility index (Phi) is 3.25. The molecule has 0 aromatic heterocycles. The Hall–Kier alpha value is -1.67. The first-order chi connectivity index (χ1) is 8.06. The van der Waals surface area contributed by atoms with Crippen LogP contribution in [0.1, 0.15) is 11.1 Å². The average Bonchev–Trinajstić information content (AvgIpc) is 2.27. The van der Waals surface area contributed by atoms with E-state index < -0.39 is 0 Å². The van der Waals surface area contributed by atoms with Gasteiger partial charge in [0.25, 0.3) is 0 Å². The predicted octanol–water partition coefficient (Wildman–Crippen LogP) is 4.33. The number of halogens is 1. The highest BCUT2D eigenvalue weighted by atomic mass is 35.5. The largest absolute Gasteiger partial charge is 0.456 e. The SMILES string of the molecule is Cc1ccc(C)c(Oc2ccc(N)cc2Cl)c1. The summed E-state index contributed by atoms with van der Waals surface area (Å²) in [5, 5.41) is 0.519. The monoisotopic (exact) mass is 247 g/mol. The third kappa shape index (κ3) is 2.71. The molecule has 0 aliphatic rings. The van der Waals surface area contributed by atoms with Gasteiger partial charge in [0.2, 0.25) is 0 Å². The van der Waals surface area contributed by atoms with Gasteiger partial charge in [-0.3, -0.25) is 0 Å². The lowest BCUT2D eigenvalue weighted by Crippen LogP contribution is -1.91. The lowest BCUT2D eigenvalue weighted by Gasteiger charge is -2.11. The average molecular weight is 248 g/mol. The first-order valence-electron chi connectivity index (χ1n) is 5.36. The number of anilines is 1. The lowest BCUT2D eigenvalue weighted by molar-refractivity contribution is 0.479. The molecule has 0 spiro atoms. The van der Waals surface area contributed by atoms with E-state index >= 15 is 0 Å². The van der Waals surface area contributed by atoms with Crippen LogP contribution in [0.2, 0.25) is 5.02 Å². The summed E-state index contributed by atoms with van der Waals surface area (Å²) in [5.74, 6) is 1.44. The Morgan fingerprint density at radius 3 is 2.47 bits per heavy atom. The fourth-order valence-electron chi connectivity index (χ4n) is 1.54. The van der Waals surface area contributed by atoms with Crippen molar-refractivity contribution in [3.05, 3.63) is 52.5 Å². The van der Waals surface area contributed by atoms with Crippen LogP contribution in [0, 0.1) is 13.8 Å². The van der Waals surface area contributed by atoms with Crippen molar-refractivity contribution in [1.29, 1.82) is 0 Å². The zero-order valence-corrected chi connectivity index (χ0v) is 10.6. The number of aryl methyl sites for hydroxylation is 2. The van der Waals surface area contributed by atoms with E-state index in [9.17, 15) is 0 Å². The molecule has 2 aromatic carbocycles. The molecular weight excluding hydrogens is 234 g/mol. The highest BCUT2D eigenvalue weighted by molar-refractivity contribution is 6.32. The molecule has 88 valence electrons. The molecule has 0 saturated heterocycles. The van der Waals surface area contributed by atoms with Crippen molar-refractivity contribution in [2.24, 2.45) is 0 Å². The maximum Gasteiger partial charge on any atom is 0.146 e. The van der Waals surface area contributed by atoms with Crippen molar-refractivity contribution in [3.63, 3.8) is 0 Å². The molecule has 0 amide bonds. The zero-order chi connectivity index (χ0) is 12.4. The van der Waals surface area contributed by atoms with Crippen molar-refractivity contribution >= 4 is 17.3 Å². The molecular formula is C14H14ClNO. The number of hydrogen-bond acceptors (Lipinski definition) is 2. The number of ether oxygens (including phenoxy) is 1. The molecule has 0 radical (unpaired) electrons. The van der Waals surface area contributed by atoms with E-state index in [0.717, 1.165) is 16.9 Å². The van der Waals surface area contributed by atoms with Crippen LogP contribution in [-0.2, 0) is 0 Å². The molecule has 0 heterocycles. The van der Waals surface area contributed by atoms with E-state index in [1.54, 1.807) is 18.2 Å². The molecule has 0 fully saturated rings. The second kappa shape index (κ2) is 4.68. The zero-order valence-electron chi connectivity index (χ0n) is 9.83. The number of nitrogens with two attached hydrogens (primary N) is 1. The van der Waals surface area contributed by atoms with E-state index in [4.69, 9.17) is 22.1 Å². The summed E-state index contributed by atoms with van der Waals surface area (Å²) in [4.78, 5) is 0. The minimum atomic E-state index is 0.519. The number of hydrogen-bond donors (Lipinski definition) is 1. The van der Waals surface area contributed by atoms with Gasteiger partial charge in [0.15, 0.2) is 0 Å². The van der Waals surface area contributed by atoms with Gasteiger partial charge in [-0.1, -0.05) is 23.7 Å². The first kappa shape index (κ1) is 11.8. The second-order valence-electron chi connectivity index (χ2n) is 4.06. The first-order valence-corrected chi connectivity index (χ1v) is 5.74.